The average molecular weight is 433 g/mol. The molecule has 0 saturated heterocycles. The van der Waals surface area contributed by atoms with Crippen molar-refractivity contribution >= 4 is 40.7 Å². The van der Waals surface area contributed by atoms with Gasteiger partial charge in [0.1, 0.15) is 11.6 Å². The predicted molar refractivity (Wildman–Crippen MR) is 118 cm³/mol. The summed E-state index contributed by atoms with van der Waals surface area (Å²) in [7, 11) is 1.62. The van der Waals surface area contributed by atoms with E-state index >= 15 is 0 Å². The Hall–Kier alpha value is -2.70. The second-order valence-electron chi connectivity index (χ2n) is 7.48. The maximum absolute atomic E-state index is 12.6. The summed E-state index contributed by atoms with van der Waals surface area (Å²) in [4.78, 5) is 12.6. The number of carbonyl (C=O) groups excluding carboxylic acids is 1. The summed E-state index contributed by atoms with van der Waals surface area (Å²) in [6.45, 7) is 6.18. The van der Waals surface area contributed by atoms with Crippen LogP contribution in [0.2, 0.25) is 10.0 Å². The summed E-state index contributed by atoms with van der Waals surface area (Å²) in [6, 6.07) is 12.2. The Morgan fingerprint density at radius 2 is 1.76 bits per heavy atom. The van der Waals surface area contributed by atoms with Crippen molar-refractivity contribution in [3.8, 4) is 16.9 Å². The molecule has 0 spiro atoms. The van der Waals surface area contributed by atoms with Gasteiger partial charge in [0, 0.05) is 11.0 Å². The first-order valence-electron chi connectivity index (χ1n) is 8.96. The maximum atomic E-state index is 12.6. The molecule has 0 bridgehead atoms. The fourth-order valence-corrected chi connectivity index (χ4v) is 3.23. The molecule has 2 amide bonds. The van der Waals surface area contributed by atoms with Crippen LogP contribution < -0.4 is 15.4 Å². The standard InChI is InChI=1S/C21H22Cl2N4O2/c1-21(2,3)18-16(12-8-10-13(29-4)11-9-12)19(27-26-18)25-20(28)24-15-7-5-6-14(22)17(15)23/h5-11H,1-4H3,(H3,24,25,26,27,28). The zero-order valence-corrected chi connectivity index (χ0v) is 18.1. The third-order valence-electron chi connectivity index (χ3n) is 4.29. The number of aromatic amines is 1. The first-order valence-corrected chi connectivity index (χ1v) is 9.71. The fourth-order valence-electron chi connectivity index (χ4n) is 2.88. The van der Waals surface area contributed by atoms with Crippen LogP contribution in [0.4, 0.5) is 16.3 Å². The third kappa shape index (κ3) is 4.66. The van der Waals surface area contributed by atoms with Crippen molar-refractivity contribution in [2.45, 2.75) is 26.2 Å². The molecular formula is C21H22Cl2N4O2. The van der Waals surface area contributed by atoms with Gasteiger partial charge in [-0.05, 0) is 29.8 Å². The zero-order chi connectivity index (χ0) is 21.2. The van der Waals surface area contributed by atoms with E-state index in [1.54, 1.807) is 25.3 Å². The van der Waals surface area contributed by atoms with Crippen molar-refractivity contribution in [2.75, 3.05) is 17.7 Å². The molecule has 3 rings (SSSR count). The molecule has 0 radical (unpaired) electrons. The highest BCUT2D eigenvalue weighted by molar-refractivity contribution is 6.44. The Morgan fingerprint density at radius 3 is 2.38 bits per heavy atom. The smallest absolute Gasteiger partial charge is 0.324 e. The van der Waals surface area contributed by atoms with Crippen molar-refractivity contribution in [1.82, 2.24) is 10.2 Å². The molecule has 2 aromatic carbocycles. The minimum absolute atomic E-state index is 0.238. The lowest BCUT2D eigenvalue weighted by Gasteiger charge is -2.18. The number of anilines is 2. The number of nitrogens with zero attached hydrogens (tertiary/aromatic N) is 1. The van der Waals surface area contributed by atoms with Gasteiger partial charge in [0.25, 0.3) is 0 Å². The third-order valence-corrected chi connectivity index (χ3v) is 5.11. The molecule has 0 aliphatic carbocycles. The molecule has 0 saturated carbocycles. The Kier molecular flexibility index (Phi) is 6.05. The van der Waals surface area contributed by atoms with Gasteiger partial charge < -0.3 is 10.1 Å². The summed E-state index contributed by atoms with van der Waals surface area (Å²) in [5.41, 5.74) is 2.73. The van der Waals surface area contributed by atoms with Gasteiger partial charge in [-0.2, -0.15) is 5.10 Å². The lowest BCUT2D eigenvalue weighted by Crippen LogP contribution is -2.20. The summed E-state index contributed by atoms with van der Waals surface area (Å²) >= 11 is 12.2. The number of benzene rings is 2. The number of hydrogen-bond donors (Lipinski definition) is 3. The van der Waals surface area contributed by atoms with Crippen molar-refractivity contribution in [1.29, 1.82) is 0 Å². The Morgan fingerprint density at radius 1 is 1.07 bits per heavy atom. The molecule has 3 N–H and O–H groups in total. The van der Waals surface area contributed by atoms with Crippen LogP contribution in [0.3, 0.4) is 0 Å². The number of methoxy groups -OCH3 is 1. The van der Waals surface area contributed by atoms with Crippen molar-refractivity contribution in [2.24, 2.45) is 0 Å². The summed E-state index contributed by atoms with van der Waals surface area (Å²) < 4.78 is 5.24. The minimum Gasteiger partial charge on any atom is -0.497 e. The van der Waals surface area contributed by atoms with E-state index in [9.17, 15) is 4.79 Å². The topological polar surface area (TPSA) is 79.0 Å². The van der Waals surface area contributed by atoms with Gasteiger partial charge in [-0.15, -0.1) is 0 Å². The molecule has 8 heteroatoms. The van der Waals surface area contributed by atoms with Crippen LogP contribution in [0.15, 0.2) is 42.5 Å². The monoisotopic (exact) mass is 432 g/mol. The fraction of sp³-hybridized carbons (Fsp3) is 0.238. The van der Waals surface area contributed by atoms with Crippen LogP contribution in [0, 0.1) is 0 Å². The van der Waals surface area contributed by atoms with E-state index in [4.69, 9.17) is 27.9 Å². The van der Waals surface area contributed by atoms with Gasteiger partial charge in [0.15, 0.2) is 0 Å². The van der Waals surface area contributed by atoms with E-state index in [-0.39, 0.29) is 10.4 Å². The highest BCUT2D eigenvalue weighted by Gasteiger charge is 2.26. The first-order chi connectivity index (χ1) is 13.7. The van der Waals surface area contributed by atoms with E-state index in [2.05, 4.69) is 41.6 Å². The number of amides is 2. The number of hydrogen-bond acceptors (Lipinski definition) is 3. The Labute approximate surface area is 179 Å². The molecule has 152 valence electrons. The van der Waals surface area contributed by atoms with E-state index in [1.165, 1.54) is 0 Å². The average Bonchev–Trinajstić information content (AvgIpc) is 3.09. The summed E-state index contributed by atoms with van der Waals surface area (Å²) in [6.07, 6.45) is 0. The predicted octanol–water partition coefficient (Wildman–Crippen LogP) is 6.33. The maximum Gasteiger partial charge on any atom is 0.324 e. The SMILES string of the molecule is COc1ccc(-c2c(C(C)(C)C)n[nH]c2NC(=O)Nc2cccc(Cl)c2Cl)cc1. The zero-order valence-electron chi connectivity index (χ0n) is 16.6. The van der Waals surface area contributed by atoms with Gasteiger partial charge >= 0.3 is 6.03 Å². The molecule has 1 aromatic heterocycles. The number of H-pyrrole nitrogens is 1. The lowest BCUT2D eigenvalue weighted by molar-refractivity contribution is 0.262. The van der Waals surface area contributed by atoms with Gasteiger partial charge in [-0.25, -0.2) is 4.79 Å². The molecule has 3 aromatic rings. The molecule has 29 heavy (non-hydrogen) atoms. The highest BCUT2D eigenvalue weighted by Crippen LogP contribution is 2.37. The van der Waals surface area contributed by atoms with E-state index in [0.29, 0.717) is 16.5 Å². The summed E-state index contributed by atoms with van der Waals surface area (Å²) in [5.74, 6) is 1.23. The number of halogens is 2. The number of ether oxygens (including phenoxy) is 1. The van der Waals surface area contributed by atoms with Crippen LogP contribution in [-0.4, -0.2) is 23.3 Å². The van der Waals surface area contributed by atoms with Crippen molar-refractivity contribution < 1.29 is 9.53 Å². The second kappa shape index (κ2) is 8.35. The highest BCUT2D eigenvalue weighted by atomic mass is 35.5. The quantitative estimate of drug-likeness (QED) is 0.450. The van der Waals surface area contributed by atoms with Gasteiger partial charge in [-0.3, -0.25) is 10.4 Å². The number of urea groups is 1. The molecule has 0 unspecified atom stereocenters. The van der Waals surface area contributed by atoms with E-state index in [0.717, 1.165) is 22.6 Å². The van der Waals surface area contributed by atoms with Gasteiger partial charge in [-0.1, -0.05) is 62.2 Å². The summed E-state index contributed by atoms with van der Waals surface area (Å²) in [5, 5.41) is 13.6. The van der Waals surface area contributed by atoms with Crippen LogP contribution in [0.5, 0.6) is 5.75 Å². The number of nitrogens with one attached hydrogen (secondary N) is 3. The molecule has 6 nitrogen and oxygen atoms in total. The number of aromatic nitrogens is 2. The number of rotatable bonds is 4. The molecule has 0 atom stereocenters. The Bertz CT molecular complexity index is 1020. The normalized spacial score (nSPS) is 11.2. The Balaban J connectivity index is 1.93. The molecular weight excluding hydrogens is 411 g/mol. The molecule has 0 aliphatic rings. The van der Waals surface area contributed by atoms with Crippen LogP contribution >= 0.6 is 23.2 Å². The van der Waals surface area contributed by atoms with E-state index in [1.807, 2.05) is 24.3 Å². The molecule has 0 fully saturated rings. The molecule has 1 heterocycles. The van der Waals surface area contributed by atoms with Crippen LogP contribution in [0.1, 0.15) is 26.5 Å². The largest absolute Gasteiger partial charge is 0.497 e. The minimum atomic E-state index is -0.465. The van der Waals surface area contributed by atoms with Gasteiger partial charge in [0.05, 0.1) is 28.5 Å². The van der Waals surface area contributed by atoms with E-state index < -0.39 is 6.03 Å². The van der Waals surface area contributed by atoms with Gasteiger partial charge in [0.2, 0.25) is 0 Å². The van der Waals surface area contributed by atoms with Crippen molar-refractivity contribution in [3.63, 3.8) is 0 Å². The molecule has 0 aliphatic heterocycles. The van der Waals surface area contributed by atoms with Crippen LogP contribution in [-0.2, 0) is 5.41 Å². The van der Waals surface area contributed by atoms with Crippen LogP contribution in [0.25, 0.3) is 11.1 Å². The lowest BCUT2D eigenvalue weighted by atomic mass is 9.87. The van der Waals surface area contributed by atoms with Crippen molar-refractivity contribution in [3.05, 3.63) is 58.2 Å². The first kappa shape index (κ1) is 21.0. The second-order valence-corrected chi connectivity index (χ2v) is 8.27. The number of carbonyl (C=O) groups is 1.